The molecule has 0 saturated carbocycles. The average Bonchev–Trinajstić information content (AvgIpc) is 2.92. The summed E-state index contributed by atoms with van der Waals surface area (Å²) in [7, 11) is 1.54. The van der Waals surface area contributed by atoms with Gasteiger partial charge in [0.05, 0.1) is 18.2 Å². The number of aryl methyl sites for hydroxylation is 1. The van der Waals surface area contributed by atoms with E-state index in [0.717, 1.165) is 10.6 Å². The van der Waals surface area contributed by atoms with Crippen molar-refractivity contribution in [3.63, 3.8) is 0 Å². The van der Waals surface area contributed by atoms with Gasteiger partial charge in [0.1, 0.15) is 5.01 Å². The molecule has 2 rings (SSSR count). The van der Waals surface area contributed by atoms with E-state index < -0.39 is 0 Å². The highest BCUT2D eigenvalue weighted by atomic mass is 35.5. The first-order valence-electron chi connectivity index (χ1n) is 7.22. The Labute approximate surface area is 149 Å². The van der Waals surface area contributed by atoms with E-state index in [2.05, 4.69) is 15.5 Å². The Morgan fingerprint density at radius 2 is 2.12 bits per heavy atom. The van der Waals surface area contributed by atoms with Crippen LogP contribution in [0.3, 0.4) is 0 Å². The Morgan fingerprint density at radius 3 is 2.71 bits per heavy atom. The SMILES string of the molecule is COc1cc(/C=C/C(=O)Nc2nnc(C)s2)cc(Cl)c1OC(C)C. The molecule has 1 aromatic heterocycles. The third-order valence-electron chi connectivity index (χ3n) is 2.79. The van der Waals surface area contributed by atoms with Crippen molar-refractivity contribution in [1.29, 1.82) is 0 Å². The van der Waals surface area contributed by atoms with E-state index in [4.69, 9.17) is 21.1 Å². The van der Waals surface area contributed by atoms with Crippen LogP contribution in [0.15, 0.2) is 18.2 Å². The highest BCUT2D eigenvalue weighted by Crippen LogP contribution is 2.37. The minimum Gasteiger partial charge on any atom is -0.493 e. The molecule has 0 bridgehead atoms. The maximum absolute atomic E-state index is 11.9. The molecule has 1 amide bonds. The number of hydrogen-bond acceptors (Lipinski definition) is 6. The van der Waals surface area contributed by atoms with Crippen molar-refractivity contribution < 1.29 is 14.3 Å². The molecule has 0 aliphatic rings. The monoisotopic (exact) mass is 367 g/mol. The minimum atomic E-state index is -0.302. The summed E-state index contributed by atoms with van der Waals surface area (Å²) in [6, 6.07) is 3.46. The molecule has 6 nitrogen and oxygen atoms in total. The molecule has 8 heteroatoms. The fraction of sp³-hybridized carbons (Fsp3) is 0.312. The number of aromatic nitrogens is 2. The fourth-order valence-electron chi connectivity index (χ4n) is 1.85. The van der Waals surface area contributed by atoms with Gasteiger partial charge in [-0.2, -0.15) is 0 Å². The number of nitrogens with one attached hydrogen (secondary N) is 1. The lowest BCUT2D eigenvalue weighted by atomic mass is 10.2. The number of rotatable bonds is 6. The first-order chi connectivity index (χ1) is 11.4. The number of nitrogens with zero attached hydrogens (tertiary/aromatic N) is 2. The largest absolute Gasteiger partial charge is 0.493 e. The van der Waals surface area contributed by atoms with Crippen LogP contribution in [0.2, 0.25) is 5.02 Å². The lowest BCUT2D eigenvalue weighted by Gasteiger charge is -2.15. The number of ether oxygens (including phenoxy) is 2. The molecule has 0 saturated heterocycles. The van der Waals surface area contributed by atoms with Crippen LogP contribution >= 0.6 is 22.9 Å². The number of halogens is 1. The standard InChI is InChI=1S/C16H18ClN3O3S/c1-9(2)23-15-12(17)7-11(8-13(15)22-4)5-6-14(21)18-16-20-19-10(3)24-16/h5-9H,1-4H3,(H,18,20,21)/b6-5+. The van der Waals surface area contributed by atoms with Gasteiger partial charge in [-0.3, -0.25) is 10.1 Å². The van der Waals surface area contributed by atoms with Crippen molar-refractivity contribution >= 4 is 40.1 Å². The summed E-state index contributed by atoms with van der Waals surface area (Å²) in [6.07, 6.45) is 3.00. The van der Waals surface area contributed by atoms with Gasteiger partial charge in [-0.1, -0.05) is 22.9 Å². The molecule has 1 heterocycles. The topological polar surface area (TPSA) is 73.3 Å². The third kappa shape index (κ3) is 4.94. The van der Waals surface area contributed by atoms with Crippen molar-refractivity contribution in [3.05, 3.63) is 33.8 Å². The van der Waals surface area contributed by atoms with Crippen molar-refractivity contribution in [2.24, 2.45) is 0 Å². The second-order valence-corrected chi connectivity index (χ2v) is 6.74. The van der Waals surface area contributed by atoms with E-state index in [1.807, 2.05) is 20.8 Å². The summed E-state index contributed by atoms with van der Waals surface area (Å²) in [6.45, 7) is 5.63. The lowest BCUT2D eigenvalue weighted by Crippen LogP contribution is -2.08. The molecule has 0 aliphatic carbocycles. The summed E-state index contributed by atoms with van der Waals surface area (Å²) < 4.78 is 11.0. The first-order valence-corrected chi connectivity index (χ1v) is 8.42. The fourth-order valence-corrected chi connectivity index (χ4v) is 2.71. The van der Waals surface area contributed by atoms with Crippen LogP contribution in [0.1, 0.15) is 24.4 Å². The molecule has 0 aliphatic heterocycles. The molecule has 24 heavy (non-hydrogen) atoms. The number of hydrogen-bond donors (Lipinski definition) is 1. The van der Waals surface area contributed by atoms with E-state index in [0.29, 0.717) is 21.7 Å². The van der Waals surface area contributed by atoms with Gasteiger partial charge in [0, 0.05) is 6.08 Å². The maximum Gasteiger partial charge on any atom is 0.250 e. The first kappa shape index (κ1) is 18.2. The second kappa shape index (κ2) is 8.12. The Hall–Kier alpha value is -2.12. The van der Waals surface area contributed by atoms with Crippen LogP contribution in [0.25, 0.3) is 6.08 Å². The van der Waals surface area contributed by atoms with Crippen molar-refractivity contribution in [2.75, 3.05) is 12.4 Å². The van der Waals surface area contributed by atoms with E-state index in [1.54, 1.807) is 18.2 Å². The molecule has 2 aromatic rings. The molecule has 1 N–H and O–H groups in total. The predicted octanol–water partition coefficient (Wildman–Crippen LogP) is 3.95. The Morgan fingerprint density at radius 1 is 1.38 bits per heavy atom. The summed E-state index contributed by atoms with van der Waals surface area (Å²) in [5, 5.41) is 12.0. The van der Waals surface area contributed by atoms with Crippen LogP contribution < -0.4 is 14.8 Å². The molecule has 0 fully saturated rings. The van der Waals surface area contributed by atoms with Crippen molar-refractivity contribution in [1.82, 2.24) is 10.2 Å². The van der Waals surface area contributed by atoms with Crippen LogP contribution in [-0.4, -0.2) is 29.3 Å². The van der Waals surface area contributed by atoms with Gasteiger partial charge in [0.2, 0.25) is 11.0 Å². The Kier molecular flexibility index (Phi) is 6.16. The molecule has 1 aromatic carbocycles. The minimum absolute atomic E-state index is 0.0288. The molecule has 0 radical (unpaired) electrons. The van der Waals surface area contributed by atoms with Gasteiger partial charge in [-0.15, -0.1) is 10.2 Å². The van der Waals surface area contributed by atoms with Crippen molar-refractivity contribution in [3.8, 4) is 11.5 Å². The zero-order valence-corrected chi connectivity index (χ0v) is 15.4. The van der Waals surface area contributed by atoms with Gasteiger partial charge < -0.3 is 9.47 Å². The quantitative estimate of drug-likeness (QED) is 0.782. The maximum atomic E-state index is 11.9. The highest BCUT2D eigenvalue weighted by Gasteiger charge is 2.13. The van der Waals surface area contributed by atoms with Gasteiger partial charge >= 0.3 is 0 Å². The van der Waals surface area contributed by atoms with Gasteiger partial charge in [-0.05, 0) is 44.5 Å². The van der Waals surface area contributed by atoms with E-state index in [9.17, 15) is 4.79 Å². The molecule has 0 atom stereocenters. The summed E-state index contributed by atoms with van der Waals surface area (Å²) in [4.78, 5) is 11.9. The molecule has 0 unspecified atom stereocenters. The van der Waals surface area contributed by atoms with E-state index in [-0.39, 0.29) is 12.0 Å². The van der Waals surface area contributed by atoms with Crippen molar-refractivity contribution in [2.45, 2.75) is 26.9 Å². The number of carbonyl (C=O) groups excluding carboxylic acids is 1. The summed E-state index contributed by atoms with van der Waals surface area (Å²) >= 11 is 7.56. The highest BCUT2D eigenvalue weighted by molar-refractivity contribution is 7.15. The van der Waals surface area contributed by atoms with Gasteiger partial charge in [0.25, 0.3) is 0 Å². The number of benzene rings is 1. The average molecular weight is 368 g/mol. The molecule has 0 spiro atoms. The van der Waals surface area contributed by atoms with E-state index >= 15 is 0 Å². The zero-order chi connectivity index (χ0) is 17.7. The lowest BCUT2D eigenvalue weighted by molar-refractivity contribution is -0.111. The number of anilines is 1. The smallest absolute Gasteiger partial charge is 0.250 e. The summed E-state index contributed by atoms with van der Waals surface area (Å²) in [5.41, 5.74) is 0.719. The third-order valence-corrected chi connectivity index (χ3v) is 3.82. The predicted molar refractivity (Wildman–Crippen MR) is 96.1 cm³/mol. The Bertz CT molecular complexity index is 759. The zero-order valence-electron chi connectivity index (χ0n) is 13.8. The second-order valence-electron chi connectivity index (χ2n) is 5.15. The summed E-state index contributed by atoms with van der Waals surface area (Å²) in [5.74, 6) is 0.694. The van der Waals surface area contributed by atoms with Crippen LogP contribution in [0, 0.1) is 6.92 Å². The Balaban J connectivity index is 2.14. The van der Waals surface area contributed by atoms with Crippen LogP contribution in [0.5, 0.6) is 11.5 Å². The molecule has 128 valence electrons. The molecular weight excluding hydrogens is 350 g/mol. The van der Waals surface area contributed by atoms with E-state index in [1.165, 1.54) is 24.5 Å². The van der Waals surface area contributed by atoms with Crippen LogP contribution in [0.4, 0.5) is 5.13 Å². The van der Waals surface area contributed by atoms with Gasteiger partial charge in [0.15, 0.2) is 11.5 Å². The number of amides is 1. The molecular formula is C16H18ClN3O3S. The van der Waals surface area contributed by atoms with Gasteiger partial charge in [-0.25, -0.2) is 0 Å². The normalized spacial score (nSPS) is 11.1. The number of methoxy groups -OCH3 is 1. The number of carbonyl (C=O) groups is 1. The van der Waals surface area contributed by atoms with Crippen LogP contribution in [-0.2, 0) is 4.79 Å².